The molecule has 2 aliphatic heterocycles. The molecule has 3 rings (SSSR count). The second kappa shape index (κ2) is 7.93. The third-order valence-corrected chi connectivity index (χ3v) is 6.86. The van der Waals surface area contributed by atoms with Crippen molar-refractivity contribution in [1.29, 1.82) is 0 Å². The predicted octanol–water partition coefficient (Wildman–Crippen LogP) is 1.68. The maximum absolute atomic E-state index is 12.6. The molecule has 1 aromatic carbocycles. The molecule has 2 unspecified atom stereocenters. The molecule has 6 nitrogen and oxygen atoms in total. The number of nitrogens with zero attached hydrogens (tertiary/aromatic N) is 1. The number of halogens is 1. The summed E-state index contributed by atoms with van der Waals surface area (Å²) in [6.07, 6.45) is 1.70. The van der Waals surface area contributed by atoms with Crippen molar-refractivity contribution in [2.75, 3.05) is 29.7 Å². The molecule has 0 radical (unpaired) electrons. The van der Waals surface area contributed by atoms with Crippen LogP contribution in [0.2, 0.25) is 0 Å². The Morgan fingerprint density at radius 2 is 2.12 bits per heavy atom. The van der Waals surface area contributed by atoms with Gasteiger partial charge in [-0.2, -0.15) is 0 Å². The maximum atomic E-state index is 12.6. The van der Waals surface area contributed by atoms with Crippen molar-refractivity contribution in [1.82, 2.24) is 10.6 Å². The van der Waals surface area contributed by atoms with Crippen LogP contribution in [0, 0.1) is 12.8 Å². The van der Waals surface area contributed by atoms with Gasteiger partial charge in [0.05, 0.1) is 11.4 Å². The molecule has 2 saturated heterocycles. The first-order valence-corrected chi connectivity index (χ1v) is 10.1. The molecular formula is C17H26ClN3O3S. The Bertz CT molecular complexity index is 739. The monoisotopic (exact) mass is 387 g/mol. The number of piperidine rings is 1. The summed E-state index contributed by atoms with van der Waals surface area (Å²) >= 11 is 0. The molecule has 1 amide bonds. The third-order valence-electron chi connectivity index (χ3n) is 4.99. The summed E-state index contributed by atoms with van der Waals surface area (Å²) in [5.74, 6) is 0.550. The van der Waals surface area contributed by atoms with Crippen molar-refractivity contribution in [3.8, 4) is 0 Å². The van der Waals surface area contributed by atoms with Gasteiger partial charge in [0, 0.05) is 24.7 Å². The maximum Gasteiger partial charge on any atom is 0.251 e. The smallest absolute Gasteiger partial charge is 0.251 e. The minimum atomic E-state index is -3.20. The van der Waals surface area contributed by atoms with Crippen LogP contribution < -0.4 is 14.9 Å². The summed E-state index contributed by atoms with van der Waals surface area (Å²) in [5, 5.41) is 6.40. The number of rotatable bonds is 3. The zero-order valence-electron chi connectivity index (χ0n) is 14.6. The lowest BCUT2D eigenvalue weighted by Gasteiger charge is -2.30. The lowest BCUT2D eigenvalue weighted by molar-refractivity contribution is 0.0914. The highest BCUT2D eigenvalue weighted by Crippen LogP contribution is 2.26. The average molecular weight is 388 g/mol. The van der Waals surface area contributed by atoms with Crippen LogP contribution in [-0.2, 0) is 10.0 Å². The molecule has 0 spiro atoms. The first-order valence-electron chi connectivity index (χ1n) is 8.51. The van der Waals surface area contributed by atoms with Gasteiger partial charge < -0.3 is 10.6 Å². The van der Waals surface area contributed by atoms with E-state index in [2.05, 4.69) is 17.6 Å². The van der Waals surface area contributed by atoms with Crippen molar-refractivity contribution in [3.63, 3.8) is 0 Å². The Morgan fingerprint density at radius 1 is 1.36 bits per heavy atom. The summed E-state index contributed by atoms with van der Waals surface area (Å²) < 4.78 is 25.5. The lowest BCUT2D eigenvalue weighted by atomic mass is 9.94. The first-order chi connectivity index (χ1) is 11.4. The third kappa shape index (κ3) is 4.27. The fourth-order valence-corrected chi connectivity index (χ4v) is 4.97. The molecule has 2 N–H and O–H groups in total. The largest absolute Gasteiger partial charge is 0.348 e. The number of nitrogens with one attached hydrogen (secondary N) is 2. The molecule has 2 fully saturated rings. The lowest BCUT2D eigenvalue weighted by Crippen LogP contribution is -2.50. The van der Waals surface area contributed by atoms with Crippen LogP contribution >= 0.6 is 12.4 Å². The van der Waals surface area contributed by atoms with E-state index in [9.17, 15) is 13.2 Å². The van der Waals surface area contributed by atoms with E-state index in [1.54, 1.807) is 18.2 Å². The molecule has 0 bridgehead atoms. The van der Waals surface area contributed by atoms with Gasteiger partial charge in [-0.15, -0.1) is 12.4 Å². The highest BCUT2D eigenvalue weighted by molar-refractivity contribution is 7.93. The van der Waals surface area contributed by atoms with Crippen LogP contribution in [0.15, 0.2) is 18.2 Å². The van der Waals surface area contributed by atoms with Gasteiger partial charge in [0.15, 0.2) is 0 Å². The quantitative estimate of drug-likeness (QED) is 0.827. The molecule has 2 aliphatic rings. The number of anilines is 1. The van der Waals surface area contributed by atoms with Crippen LogP contribution in [0.4, 0.5) is 5.69 Å². The second-order valence-electron chi connectivity index (χ2n) is 6.79. The normalized spacial score (nSPS) is 25.3. The van der Waals surface area contributed by atoms with E-state index in [-0.39, 0.29) is 30.1 Å². The zero-order valence-corrected chi connectivity index (χ0v) is 16.3. The zero-order chi connectivity index (χ0) is 17.3. The van der Waals surface area contributed by atoms with Crippen LogP contribution in [0.25, 0.3) is 0 Å². The number of hydrogen-bond acceptors (Lipinski definition) is 4. The Morgan fingerprint density at radius 3 is 2.72 bits per heavy atom. The number of amides is 1. The number of hydrogen-bond donors (Lipinski definition) is 2. The standard InChI is InChI=1S/C17H25N3O3S.ClH/c1-12-6-7-18-11-16(12)19-17(21)15-5-4-14(10-13(15)2)20-8-3-9-24(20,22)23;/h4-5,10,12,16,18H,3,6-9,11H2,1-2H3,(H,19,21);1H. The topological polar surface area (TPSA) is 78.5 Å². The first kappa shape index (κ1) is 20.0. The van der Waals surface area contributed by atoms with Crippen molar-refractivity contribution < 1.29 is 13.2 Å². The molecule has 2 atom stereocenters. The number of carbonyl (C=O) groups is 1. The highest BCUT2D eigenvalue weighted by atomic mass is 35.5. The molecule has 25 heavy (non-hydrogen) atoms. The van der Waals surface area contributed by atoms with Gasteiger partial charge in [0.1, 0.15) is 0 Å². The number of carbonyl (C=O) groups excluding carboxylic acids is 1. The Labute approximate surface area is 155 Å². The van der Waals surface area contributed by atoms with Gasteiger partial charge in [-0.3, -0.25) is 9.10 Å². The molecule has 0 aromatic heterocycles. The summed E-state index contributed by atoms with van der Waals surface area (Å²) in [7, 11) is -3.20. The van der Waals surface area contributed by atoms with E-state index in [0.29, 0.717) is 30.1 Å². The van der Waals surface area contributed by atoms with Gasteiger partial charge in [-0.25, -0.2) is 8.42 Å². The van der Waals surface area contributed by atoms with Gasteiger partial charge in [0.2, 0.25) is 10.0 Å². The van der Waals surface area contributed by atoms with Gasteiger partial charge in [-0.1, -0.05) is 6.92 Å². The molecular weight excluding hydrogens is 362 g/mol. The summed E-state index contributed by atoms with van der Waals surface area (Å²) in [6, 6.07) is 5.38. The summed E-state index contributed by atoms with van der Waals surface area (Å²) in [4.78, 5) is 12.6. The molecule has 2 heterocycles. The van der Waals surface area contributed by atoms with Crippen molar-refractivity contribution >= 4 is 34.0 Å². The minimum Gasteiger partial charge on any atom is -0.348 e. The van der Waals surface area contributed by atoms with Gasteiger partial charge in [-0.05, 0) is 56.0 Å². The van der Waals surface area contributed by atoms with Crippen molar-refractivity contribution in [2.45, 2.75) is 32.7 Å². The number of aryl methyl sites for hydroxylation is 1. The van der Waals surface area contributed by atoms with Crippen molar-refractivity contribution in [2.24, 2.45) is 5.92 Å². The number of benzene rings is 1. The Kier molecular flexibility index (Phi) is 6.35. The van der Waals surface area contributed by atoms with Gasteiger partial charge in [0.25, 0.3) is 5.91 Å². The fourth-order valence-electron chi connectivity index (χ4n) is 3.42. The molecule has 140 valence electrons. The van der Waals surface area contributed by atoms with Crippen molar-refractivity contribution in [3.05, 3.63) is 29.3 Å². The van der Waals surface area contributed by atoms with E-state index in [0.717, 1.165) is 25.1 Å². The highest BCUT2D eigenvalue weighted by Gasteiger charge is 2.29. The SMILES string of the molecule is Cc1cc(N2CCCS2(=O)=O)ccc1C(=O)NC1CNCCC1C.Cl. The fraction of sp³-hybridized carbons (Fsp3) is 0.588. The van der Waals surface area contributed by atoms with E-state index >= 15 is 0 Å². The van der Waals surface area contributed by atoms with Crippen LogP contribution in [0.3, 0.4) is 0 Å². The Hall–Kier alpha value is -1.31. The molecule has 8 heteroatoms. The predicted molar refractivity (Wildman–Crippen MR) is 102 cm³/mol. The van der Waals surface area contributed by atoms with Crippen LogP contribution in [0.1, 0.15) is 35.7 Å². The second-order valence-corrected chi connectivity index (χ2v) is 8.80. The molecule has 1 aromatic rings. The summed E-state index contributed by atoms with van der Waals surface area (Å²) in [5.41, 5.74) is 2.05. The van der Waals surface area contributed by atoms with E-state index in [1.807, 2.05) is 6.92 Å². The Balaban J connectivity index is 0.00000225. The molecule has 0 aliphatic carbocycles. The van der Waals surface area contributed by atoms with E-state index in [4.69, 9.17) is 0 Å². The number of sulfonamides is 1. The minimum absolute atomic E-state index is 0. The van der Waals surface area contributed by atoms with Crippen LogP contribution in [-0.4, -0.2) is 45.8 Å². The van der Waals surface area contributed by atoms with E-state index in [1.165, 1.54) is 4.31 Å². The average Bonchev–Trinajstić information content (AvgIpc) is 2.88. The van der Waals surface area contributed by atoms with E-state index < -0.39 is 10.0 Å². The molecule has 0 saturated carbocycles. The van der Waals surface area contributed by atoms with Crippen LogP contribution in [0.5, 0.6) is 0 Å². The van der Waals surface area contributed by atoms with Gasteiger partial charge >= 0.3 is 0 Å². The summed E-state index contributed by atoms with van der Waals surface area (Å²) in [6.45, 7) is 6.30.